The fourth-order valence-electron chi connectivity index (χ4n) is 6.75. The molecule has 0 atom stereocenters. The van der Waals surface area contributed by atoms with Crippen LogP contribution in [0.3, 0.4) is 0 Å². The first-order valence-corrected chi connectivity index (χ1v) is 16.7. The topological polar surface area (TPSA) is 21.7 Å². The molecule has 2 heterocycles. The third-order valence-electron chi connectivity index (χ3n) is 9.64. The Kier molecular flexibility index (Phi) is 8.04. The summed E-state index contributed by atoms with van der Waals surface area (Å²) < 4.78 is 48.0. The van der Waals surface area contributed by atoms with Crippen molar-refractivity contribution in [1.82, 2.24) is 9.55 Å². The molecule has 0 amide bonds. The minimum Gasteiger partial charge on any atom is -0.315 e. The van der Waals surface area contributed by atoms with Gasteiger partial charge in [-0.15, -0.1) is 35.4 Å². The normalized spacial score (nSPS) is 16.5. The van der Waals surface area contributed by atoms with Gasteiger partial charge in [-0.2, -0.15) is 30.3 Å². The number of pyridine rings is 1. The Balaban J connectivity index is 0.000000217. The Bertz CT molecular complexity index is 2380. The molecule has 0 saturated heterocycles. The van der Waals surface area contributed by atoms with Crippen LogP contribution < -0.4 is 4.57 Å². The maximum Gasteiger partial charge on any atom is 3.00 e. The van der Waals surface area contributed by atoms with Crippen LogP contribution in [0.1, 0.15) is 71.0 Å². The Morgan fingerprint density at radius 3 is 2.18 bits per heavy atom. The van der Waals surface area contributed by atoms with Gasteiger partial charge in [0, 0.05) is 14.4 Å². The average Bonchev–Trinajstić information content (AvgIpc) is 3.57. The van der Waals surface area contributed by atoms with Crippen molar-refractivity contribution in [2.75, 3.05) is 0 Å². The summed E-state index contributed by atoms with van der Waals surface area (Å²) in [5.74, 6) is 0. The van der Waals surface area contributed by atoms with Gasteiger partial charge in [-0.25, -0.2) is 0 Å². The van der Waals surface area contributed by atoms with Crippen molar-refractivity contribution in [3.63, 3.8) is 0 Å². The van der Waals surface area contributed by atoms with E-state index in [4.69, 9.17) is 8.22 Å². The smallest absolute Gasteiger partial charge is 0.315 e. The van der Waals surface area contributed by atoms with Crippen LogP contribution in [0.4, 0.5) is 0 Å². The van der Waals surface area contributed by atoms with E-state index in [1.807, 2.05) is 12.1 Å². The molecule has 3 nitrogen and oxygen atoms in total. The zero-order valence-corrected chi connectivity index (χ0v) is 31.1. The summed E-state index contributed by atoms with van der Waals surface area (Å²) >= 11 is 0. The van der Waals surface area contributed by atoms with E-state index in [1.165, 1.54) is 59.5 Å². The first-order valence-electron chi connectivity index (χ1n) is 19.7. The van der Waals surface area contributed by atoms with Crippen LogP contribution in [0.5, 0.6) is 0 Å². The van der Waals surface area contributed by atoms with E-state index in [0.29, 0.717) is 11.3 Å². The van der Waals surface area contributed by atoms with Gasteiger partial charge in [-0.05, 0) is 81.9 Å². The van der Waals surface area contributed by atoms with Crippen molar-refractivity contribution in [3.8, 4) is 33.8 Å². The third-order valence-corrected chi connectivity index (χ3v) is 9.64. The van der Waals surface area contributed by atoms with Crippen LogP contribution in [0, 0.1) is 32.2 Å². The maximum absolute atomic E-state index is 7.28. The second-order valence-corrected chi connectivity index (χ2v) is 14.0. The molecule has 0 unspecified atom stereocenters. The second-order valence-electron chi connectivity index (χ2n) is 14.0. The first-order chi connectivity index (χ1) is 26.0. The van der Waals surface area contributed by atoms with Crippen LogP contribution >= 0.6 is 0 Å². The monoisotopic (exact) mass is 836 g/mol. The number of rotatable bonds is 4. The van der Waals surface area contributed by atoms with Gasteiger partial charge in [0.25, 0.3) is 6.33 Å². The number of para-hydroxylation sites is 3. The predicted octanol–water partition coefficient (Wildman–Crippen LogP) is 10.7. The van der Waals surface area contributed by atoms with Crippen LogP contribution in [-0.2, 0) is 30.9 Å². The maximum atomic E-state index is 7.28. The largest absolute Gasteiger partial charge is 3.00 e. The number of aryl methyl sites for hydroxylation is 2. The number of benzene rings is 5. The van der Waals surface area contributed by atoms with Crippen molar-refractivity contribution in [3.05, 3.63) is 168 Å². The van der Waals surface area contributed by atoms with E-state index in [9.17, 15) is 0 Å². The van der Waals surface area contributed by atoms with Crippen molar-refractivity contribution >= 4 is 11.0 Å². The Morgan fingerprint density at radius 2 is 1.50 bits per heavy atom. The van der Waals surface area contributed by atoms with Gasteiger partial charge in [0.05, 0.1) is 16.7 Å². The zero-order chi connectivity index (χ0) is 39.2. The van der Waals surface area contributed by atoms with Crippen LogP contribution in [-0.4, -0.2) is 9.55 Å². The fourth-order valence-corrected chi connectivity index (χ4v) is 6.75. The van der Waals surface area contributed by atoms with E-state index in [-0.39, 0.29) is 42.1 Å². The van der Waals surface area contributed by atoms with E-state index < -0.39 is 13.7 Å². The van der Waals surface area contributed by atoms with Gasteiger partial charge in [0.15, 0.2) is 0 Å². The molecule has 2 aromatic heterocycles. The van der Waals surface area contributed by atoms with Gasteiger partial charge >= 0.3 is 20.1 Å². The molecule has 4 heteroatoms. The average molecular weight is 836 g/mol. The SMILES string of the molecule is CC1(C)CCC(C)(C)c2cc(-c3cccc4c3[n+](-c3ccccc3)[c-]n4-c3[c-]cccc3)ccc21.[2H]C([2H])([2H])c1c[c-]c(-c2ccc(C([2H])([2H])[2H])cn2)cc1.[Ir+3]. The molecule has 1 aliphatic rings. The molecule has 1 aliphatic carbocycles. The van der Waals surface area contributed by atoms with Crippen molar-refractivity contribution < 1.29 is 32.9 Å². The fraction of sp³-hybridized carbons (Fsp3) is 0.217. The molecular formula is C46H43IrN3+. The van der Waals surface area contributed by atoms with Crippen molar-refractivity contribution in [2.24, 2.45) is 0 Å². The third kappa shape index (κ3) is 7.01. The number of nitrogens with zero attached hydrogens (tertiary/aromatic N) is 3. The predicted molar refractivity (Wildman–Crippen MR) is 201 cm³/mol. The minimum absolute atomic E-state index is 0. The summed E-state index contributed by atoms with van der Waals surface area (Å²) in [7, 11) is 0. The van der Waals surface area contributed by atoms with E-state index in [0.717, 1.165) is 22.4 Å². The van der Waals surface area contributed by atoms with Crippen molar-refractivity contribution in [2.45, 2.75) is 65.1 Å². The molecule has 50 heavy (non-hydrogen) atoms. The molecule has 7 aromatic rings. The van der Waals surface area contributed by atoms with E-state index in [1.54, 1.807) is 12.1 Å². The minimum atomic E-state index is -2.18. The van der Waals surface area contributed by atoms with Gasteiger partial charge in [0.1, 0.15) is 0 Å². The molecule has 0 spiro atoms. The summed E-state index contributed by atoms with van der Waals surface area (Å²) in [5.41, 5.74) is 11.7. The molecule has 0 bridgehead atoms. The zero-order valence-electron chi connectivity index (χ0n) is 34.7. The summed E-state index contributed by atoms with van der Waals surface area (Å²) in [4.78, 5) is 4.08. The van der Waals surface area contributed by atoms with Crippen LogP contribution in [0.15, 0.2) is 128 Å². The van der Waals surface area contributed by atoms with Gasteiger partial charge in [-0.1, -0.05) is 101 Å². The number of hydrogen-bond acceptors (Lipinski definition) is 1. The Labute approximate surface area is 319 Å². The first kappa shape index (κ1) is 28.1. The van der Waals surface area contributed by atoms with Gasteiger partial charge in [0.2, 0.25) is 0 Å². The second kappa shape index (κ2) is 14.3. The molecule has 250 valence electrons. The molecule has 0 N–H and O–H groups in total. The summed E-state index contributed by atoms with van der Waals surface area (Å²) in [6.07, 6.45) is 7.36. The van der Waals surface area contributed by atoms with Gasteiger partial charge in [-0.3, -0.25) is 4.57 Å². The molecule has 0 saturated carbocycles. The van der Waals surface area contributed by atoms with E-state index in [2.05, 4.69) is 139 Å². The Hall–Kier alpha value is -4.63. The summed E-state index contributed by atoms with van der Waals surface area (Å²) in [5, 5.41) is 0. The molecule has 8 rings (SSSR count). The standard InChI is InChI=1S/C33H31N2.C13H12N.Ir/c1-32(2)20-21-33(3,4)29-22-24(18-19-28(29)32)27-16-11-17-30-31(27)35(26-14-9-6-10-15-26)23-34(30)25-12-7-5-8-13-25;1-10-3-6-12(7-4-10)13-8-5-11(2)9-14-13;/h5-12,14-19,22H,20-21H2,1-4H3;3-6,8-9H,1-2H3;/q2*-1;+3/i;1D3,2D3;. The summed E-state index contributed by atoms with van der Waals surface area (Å²) in [6.45, 7) is 5.22. The molecule has 0 aliphatic heterocycles. The number of fused-ring (bicyclic) bond motifs is 2. The van der Waals surface area contributed by atoms with Crippen molar-refractivity contribution in [1.29, 1.82) is 0 Å². The van der Waals surface area contributed by atoms with Crippen LogP contribution in [0.25, 0.3) is 44.8 Å². The van der Waals surface area contributed by atoms with Gasteiger partial charge < -0.3 is 9.55 Å². The summed E-state index contributed by atoms with van der Waals surface area (Å²) in [6, 6.07) is 46.2. The quantitative estimate of drug-likeness (QED) is 0.128. The van der Waals surface area contributed by atoms with E-state index >= 15 is 0 Å². The number of imidazole rings is 1. The van der Waals surface area contributed by atoms with Crippen LogP contribution in [0.2, 0.25) is 0 Å². The molecular weight excluding hydrogens is 787 g/mol. The number of hydrogen-bond donors (Lipinski definition) is 0. The number of aromatic nitrogens is 3. The molecule has 0 fully saturated rings. The Morgan fingerprint density at radius 1 is 0.740 bits per heavy atom. The molecule has 0 radical (unpaired) electrons. The molecule has 5 aromatic carbocycles.